The molecule has 1 rings (SSSR count). The van der Waals surface area contributed by atoms with Crippen molar-refractivity contribution in [3.05, 3.63) is 35.4 Å². The van der Waals surface area contributed by atoms with Crippen LogP contribution in [0.3, 0.4) is 0 Å². The molecule has 1 aromatic carbocycles. The maximum Gasteiger partial charge on any atom is 0.279 e. The lowest BCUT2D eigenvalue weighted by molar-refractivity contribution is 0.434. The molecule has 7 nitrogen and oxygen atoms in total. The molecule has 9 heteroatoms. The highest BCUT2D eigenvalue weighted by molar-refractivity contribution is 7.88. The van der Waals surface area contributed by atoms with Crippen LogP contribution in [0, 0.1) is 0 Å². The summed E-state index contributed by atoms with van der Waals surface area (Å²) in [6, 6.07) is 6.73. The number of nitrogens with one attached hydrogen (secondary N) is 2. The number of rotatable bonds is 10. The molecule has 0 radical (unpaired) electrons. The van der Waals surface area contributed by atoms with Gasteiger partial charge in [-0.1, -0.05) is 38.1 Å². The van der Waals surface area contributed by atoms with Crippen molar-refractivity contribution in [2.24, 2.45) is 0 Å². The summed E-state index contributed by atoms with van der Waals surface area (Å²) in [6.07, 6.45) is 0. The minimum atomic E-state index is -3.58. The van der Waals surface area contributed by atoms with Gasteiger partial charge in [0, 0.05) is 25.7 Å². The average Bonchev–Trinajstić information content (AvgIpc) is 2.45. The van der Waals surface area contributed by atoms with Crippen LogP contribution in [0.15, 0.2) is 24.3 Å². The van der Waals surface area contributed by atoms with E-state index in [-0.39, 0.29) is 18.3 Å². The number of benzene rings is 1. The van der Waals surface area contributed by atoms with Gasteiger partial charge in [-0.25, -0.2) is 13.1 Å². The van der Waals surface area contributed by atoms with Gasteiger partial charge in [-0.05, 0) is 25.0 Å². The second kappa shape index (κ2) is 8.91. The Morgan fingerprint density at radius 2 is 1.54 bits per heavy atom. The Balaban J connectivity index is 2.92. The Bertz CT molecular complexity index is 727. The van der Waals surface area contributed by atoms with E-state index in [0.717, 1.165) is 0 Å². The monoisotopic (exact) mass is 377 g/mol. The van der Waals surface area contributed by atoms with Gasteiger partial charge in [0.25, 0.3) is 10.2 Å². The summed E-state index contributed by atoms with van der Waals surface area (Å²) < 4.78 is 55.0. The molecule has 24 heavy (non-hydrogen) atoms. The molecule has 0 saturated carbocycles. The van der Waals surface area contributed by atoms with Gasteiger partial charge in [0.1, 0.15) is 0 Å². The van der Waals surface area contributed by atoms with Crippen molar-refractivity contribution >= 4 is 20.2 Å². The molecule has 0 aliphatic carbocycles. The highest BCUT2D eigenvalue weighted by atomic mass is 32.2. The van der Waals surface area contributed by atoms with Gasteiger partial charge >= 0.3 is 0 Å². The molecule has 2 N–H and O–H groups in total. The smallest absolute Gasteiger partial charge is 0.212 e. The molecule has 0 aromatic heterocycles. The van der Waals surface area contributed by atoms with Crippen LogP contribution >= 0.6 is 0 Å². The molecular weight excluding hydrogens is 350 g/mol. The highest BCUT2D eigenvalue weighted by Gasteiger charge is 2.20. The van der Waals surface area contributed by atoms with Crippen LogP contribution in [0.2, 0.25) is 0 Å². The normalized spacial score (nSPS) is 12.9. The molecule has 0 saturated heterocycles. The Labute approximate surface area is 145 Å². The number of hydrogen-bond acceptors (Lipinski definition) is 4. The second-order valence-electron chi connectivity index (χ2n) is 5.71. The maximum absolute atomic E-state index is 12.2. The van der Waals surface area contributed by atoms with Crippen LogP contribution in [0.1, 0.15) is 38.8 Å². The minimum absolute atomic E-state index is 0.0478. The van der Waals surface area contributed by atoms with E-state index in [9.17, 15) is 16.8 Å². The second-order valence-corrected chi connectivity index (χ2v) is 9.22. The third-order valence-corrected chi connectivity index (χ3v) is 6.60. The Hall–Kier alpha value is -1.00. The van der Waals surface area contributed by atoms with Gasteiger partial charge < -0.3 is 0 Å². The van der Waals surface area contributed by atoms with Crippen LogP contribution in [0.25, 0.3) is 0 Å². The van der Waals surface area contributed by atoms with Crippen LogP contribution in [0.4, 0.5) is 0 Å². The van der Waals surface area contributed by atoms with E-state index in [4.69, 9.17) is 0 Å². The Morgan fingerprint density at radius 3 is 2.04 bits per heavy atom. The molecule has 0 bridgehead atoms. The quantitative estimate of drug-likeness (QED) is 0.640. The van der Waals surface area contributed by atoms with Gasteiger partial charge in [0.15, 0.2) is 0 Å². The molecule has 0 amide bonds. The maximum atomic E-state index is 12.2. The fraction of sp³-hybridized carbons (Fsp3) is 0.600. The van der Waals surface area contributed by atoms with Crippen molar-refractivity contribution in [2.75, 3.05) is 13.1 Å². The summed E-state index contributed by atoms with van der Waals surface area (Å²) in [5, 5.41) is 0. The molecule has 0 aliphatic rings. The number of nitrogens with zero attached hydrogens (tertiary/aromatic N) is 1. The summed E-state index contributed by atoms with van der Waals surface area (Å²) in [4.78, 5) is 0. The van der Waals surface area contributed by atoms with E-state index in [1.165, 1.54) is 4.31 Å². The summed E-state index contributed by atoms with van der Waals surface area (Å²) in [5.74, 6) is -0.186. The largest absolute Gasteiger partial charge is 0.279 e. The summed E-state index contributed by atoms with van der Waals surface area (Å²) in [6.45, 7) is 7.83. The SMILES string of the molecule is CCN(CC)S(=O)(=O)NCc1ccccc1CS(=O)(=O)NC(C)C. The van der Waals surface area contributed by atoms with Gasteiger partial charge in [-0.2, -0.15) is 17.4 Å². The lowest BCUT2D eigenvalue weighted by Gasteiger charge is -2.19. The molecule has 0 fully saturated rings. The van der Waals surface area contributed by atoms with E-state index in [1.807, 2.05) is 0 Å². The molecule has 0 heterocycles. The molecule has 138 valence electrons. The van der Waals surface area contributed by atoms with Gasteiger partial charge in [0.05, 0.1) is 5.75 Å². The van der Waals surface area contributed by atoms with E-state index in [2.05, 4.69) is 9.44 Å². The minimum Gasteiger partial charge on any atom is -0.212 e. The molecule has 0 aliphatic heterocycles. The van der Waals surface area contributed by atoms with Crippen LogP contribution in [-0.4, -0.2) is 40.3 Å². The highest BCUT2D eigenvalue weighted by Crippen LogP contribution is 2.13. The van der Waals surface area contributed by atoms with Crippen molar-refractivity contribution in [3.8, 4) is 0 Å². The average molecular weight is 378 g/mol. The fourth-order valence-electron chi connectivity index (χ4n) is 2.30. The first kappa shape index (κ1) is 21.0. The third-order valence-electron chi connectivity index (χ3n) is 3.37. The lowest BCUT2D eigenvalue weighted by Crippen LogP contribution is -2.40. The summed E-state index contributed by atoms with van der Waals surface area (Å²) in [5.41, 5.74) is 1.22. The van der Waals surface area contributed by atoms with Gasteiger partial charge in [-0.3, -0.25) is 0 Å². The van der Waals surface area contributed by atoms with E-state index in [1.54, 1.807) is 52.0 Å². The first-order valence-electron chi connectivity index (χ1n) is 7.92. The molecule has 0 unspecified atom stereocenters. The summed E-state index contributed by atoms with van der Waals surface area (Å²) >= 11 is 0. The van der Waals surface area contributed by atoms with Crippen LogP contribution in [-0.2, 0) is 32.5 Å². The topological polar surface area (TPSA) is 95.6 Å². The summed E-state index contributed by atoms with van der Waals surface area (Å²) in [7, 11) is -7.06. The molecular formula is C15H27N3O4S2. The Morgan fingerprint density at radius 1 is 1.00 bits per heavy atom. The Kier molecular flexibility index (Phi) is 7.81. The predicted molar refractivity (Wildman–Crippen MR) is 96.0 cm³/mol. The van der Waals surface area contributed by atoms with Crippen molar-refractivity contribution < 1.29 is 16.8 Å². The van der Waals surface area contributed by atoms with Crippen molar-refractivity contribution in [2.45, 2.75) is 46.0 Å². The lowest BCUT2D eigenvalue weighted by atomic mass is 10.1. The van der Waals surface area contributed by atoms with Crippen LogP contribution in [0.5, 0.6) is 0 Å². The fourth-order valence-corrected chi connectivity index (χ4v) is 4.99. The molecule has 1 aromatic rings. The molecule has 0 atom stereocenters. The van der Waals surface area contributed by atoms with Crippen molar-refractivity contribution in [1.29, 1.82) is 0 Å². The van der Waals surface area contributed by atoms with Gasteiger partial charge in [0.2, 0.25) is 10.0 Å². The predicted octanol–water partition coefficient (Wildman–Crippen LogP) is 1.19. The zero-order valence-corrected chi connectivity index (χ0v) is 16.2. The zero-order valence-electron chi connectivity index (χ0n) is 14.6. The first-order valence-corrected chi connectivity index (χ1v) is 11.0. The first-order chi connectivity index (χ1) is 11.1. The van der Waals surface area contributed by atoms with E-state index < -0.39 is 20.2 Å². The van der Waals surface area contributed by atoms with E-state index >= 15 is 0 Å². The number of hydrogen-bond donors (Lipinski definition) is 2. The van der Waals surface area contributed by atoms with Crippen molar-refractivity contribution in [3.63, 3.8) is 0 Å². The zero-order chi connectivity index (χ0) is 18.4. The number of sulfonamides is 1. The van der Waals surface area contributed by atoms with Crippen LogP contribution < -0.4 is 9.44 Å². The standard InChI is InChI=1S/C15H27N3O4S2/c1-5-18(6-2)24(21,22)16-11-14-9-7-8-10-15(14)12-23(19,20)17-13(3)4/h7-10,13,16-17H,5-6,11-12H2,1-4H3. The van der Waals surface area contributed by atoms with Gasteiger partial charge in [-0.15, -0.1) is 0 Å². The molecule has 0 spiro atoms. The van der Waals surface area contributed by atoms with Crippen molar-refractivity contribution in [1.82, 2.24) is 13.7 Å². The van der Waals surface area contributed by atoms with E-state index in [0.29, 0.717) is 24.2 Å². The third kappa shape index (κ3) is 6.48.